The zero-order chi connectivity index (χ0) is 18.8. The van der Waals surface area contributed by atoms with Crippen LogP contribution in [0.4, 0.5) is 0 Å². The van der Waals surface area contributed by atoms with E-state index in [-0.39, 0.29) is 18.4 Å². The summed E-state index contributed by atoms with van der Waals surface area (Å²) < 4.78 is 12.4. The number of fused-ring (bicyclic) bond motifs is 1. The van der Waals surface area contributed by atoms with Crippen LogP contribution in [0.5, 0.6) is 0 Å². The average Bonchev–Trinajstić information content (AvgIpc) is 3.28. The maximum Gasteiger partial charge on any atom is 0.248 e. The van der Waals surface area contributed by atoms with E-state index in [1.54, 1.807) is 7.11 Å². The Bertz CT molecular complexity index is 815. The number of carbonyl (C=O) groups is 1. The standard InChI is InChI=1S/C19H27N5O3/c1-14-16(12-22-7-9-27-10-8-22)19-20-5-3-17(24(19)21-14)15-4-6-23(11-15)18(25)13-26-2/h3,5,15H,4,6-13H2,1-2H3/t15-/m1/s1. The number of aromatic nitrogens is 3. The molecular weight excluding hydrogens is 346 g/mol. The minimum absolute atomic E-state index is 0.0509. The average molecular weight is 373 g/mol. The second-order valence-corrected chi connectivity index (χ2v) is 7.32. The minimum Gasteiger partial charge on any atom is -0.379 e. The molecule has 0 unspecified atom stereocenters. The van der Waals surface area contributed by atoms with Crippen LogP contribution in [0, 0.1) is 6.92 Å². The van der Waals surface area contributed by atoms with Gasteiger partial charge in [0.15, 0.2) is 5.65 Å². The van der Waals surface area contributed by atoms with Crippen LogP contribution in [-0.2, 0) is 20.8 Å². The van der Waals surface area contributed by atoms with Gasteiger partial charge in [0, 0.05) is 57.5 Å². The highest BCUT2D eigenvalue weighted by Crippen LogP contribution is 2.28. The number of rotatable bonds is 5. The molecule has 2 aromatic heterocycles. The first-order valence-corrected chi connectivity index (χ1v) is 9.57. The Hall–Kier alpha value is -2.03. The van der Waals surface area contributed by atoms with Crippen molar-refractivity contribution in [3.63, 3.8) is 0 Å². The van der Waals surface area contributed by atoms with Crippen LogP contribution in [0.1, 0.15) is 29.3 Å². The molecule has 27 heavy (non-hydrogen) atoms. The number of ether oxygens (including phenoxy) is 2. The predicted molar refractivity (Wildman–Crippen MR) is 99.6 cm³/mol. The van der Waals surface area contributed by atoms with Crippen molar-refractivity contribution in [2.45, 2.75) is 25.8 Å². The van der Waals surface area contributed by atoms with Gasteiger partial charge < -0.3 is 14.4 Å². The van der Waals surface area contributed by atoms with Crippen LogP contribution in [0.2, 0.25) is 0 Å². The van der Waals surface area contributed by atoms with Gasteiger partial charge in [-0.2, -0.15) is 5.10 Å². The topological polar surface area (TPSA) is 72.2 Å². The van der Waals surface area contributed by atoms with E-state index >= 15 is 0 Å². The smallest absolute Gasteiger partial charge is 0.248 e. The number of hydrogen-bond acceptors (Lipinski definition) is 6. The first-order valence-electron chi connectivity index (χ1n) is 9.57. The van der Waals surface area contributed by atoms with Crippen LogP contribution in [0.25, 0.3) is 5.65 Å². The summed E-state index contributed by atoms with van der Waals surface area (Å²) in [5.74, 6) is 0.321. The van der Waals surface area contributed by atoms with Gasteiger partial charge in [-0.05, 0) is 19.4 Å². The van der Waals surface area contributed by atoms with Crippen molar-refractivity contribution >= 4 is 11.6 Å². The number of hydrogen-bond donors (Lipinski definition) is 0. The van der Waals surface area contributed by atoms with E-state index in [0.717, 1.165) is 62.8 Å². The normalized spacial score (nSPS) is 21.3. The van der Waals surface area contributed by atoms with E-state index in [1.165, 1.54) is 5.56 Å². The summed E-state index contributed by atoms with van der Waals surface area (Å²) in [6, 6.07) is 2.03. The number of morpholine rings is 1. The molecule has 1 amide bonds. The van der Waals surface area contributed by atoms with Gasteiger partial charge in [-0.15, -0.1) is 0 Å². The summed E-state index contributed by atoms with van der Waals surface area (Å²) >= 11 is 0. The molecular formula is C19H27N5O3. The first-order chi connectivity index (χ1) is 13.2. The summed E-state index contributed by atoms with van der Waals surface area (Å²) in [5.41, 5.74) is 4.26. The van der Waals surface area contributed by atoms with Crippen molar-refractivity contribution < 1.29 is 14.3 Å². The lowest BCUT2D eigenvalue weighted by Crippen LogP contribution is -2.35. The summed E-state index contributed by atoms with van der Waals surface area (Å²) in [6.45, 7) is 7.95. The molecule has 0 N–H and O–H groups in total. The second kappa shape index (κ2) is 7.92. The molecule has 4 heterocycles. The van der Waals surface area contributed by atoms with E-state index in [9.17, 15) is 4.79 Å². The van der Waals surface area contributed by atoms with E-state index in [4.69, 9.17) is 14.6 Å². The first kappa shape index (κ1) is 18.3. The Balaban J connectivity index is 1.58. The van der Waals surface area contributed by atoms with Crippen molar-refractivity contribution in [2.24, 2.45) is 0 Å². The SMILES string of the molecule is COCC(=O)N1CC[C@@H](c2ccnc3c(CN4CCOCC4)c(C)nn23)C1. The second-order valence-electron chi connectivity index (χ2n) is 7.32. The van der Waals surface area contributed by atoms with Crippen LogP contribution >= 0.6 is 0 Å². The molecule has 2 aliphatic rings. The molecule has 2 saturated heterocycles. The fraction of sp³-hybridized carbons (Fsp3) is 0.632. The van der Waals surface area contributed by atoms with Gasteiger partial charge in [0.1, 0.15) is 6.61 Å². The molecule has 0 bridgehead atoms. The molecule has 0 aromatic carbocycles. The number of amides is 1. The number of likely N-dealkylation sites (tertiary alicyclic amines) is 1. The lowest BCUT2D eigenvalue weighted by Gasteiger charge is -2.26. The number of nitrogens with zero attached hydrogens (tertiary/aromatic N) is 5. The maximum absolute atomic E-state index is 12.1. The van der Waals surface area contributed by atoms with E-state index in [1.807, 2.05) is 21.7 Å². The molecule has 0 radical (unpaired) electrons. The van der Waals surface area contributed by atoms with Crippen molar-refractivity contribution in [3.05, 3.63) is 29.2 Å². The lowest BCUT2D eigenvalue weighted by atomic mass is 10.0. The quantitative estimate of drug-likeness (QED) is 0.773. The van der Waals surface area contributed by atoms with E-state index in [0.29, 0.717) is 6.54 Å². The number of aryl methyl sites for hydroxylation is 1. The van der Waals surface area contributed by atoms with Crippen molar-refractivity contribution in [1.29, 1.82) is 0 Å². The van der Waals surface area contributed by atoms with Gasteiger partial charge in [-0.1, -0.05) is 0 Å². The molecule has 0 spiro atoms. The molecule has 0 aliphatic carbocycles. The zero-order valence-corrected chi connectivity index (χ0v) is 16.1. The van der Waals surface area contributed by atoms with Gasteiger partial charge in [-0.25, -0.2) is 9.50 Å². The minimum atomic E-state index is 0.0509. The third kappa shape index (κ3) is 3.69. The van der Waals surface area contributed by atoms with Crippen molar-refractivity contribution in [2.75, 3.05) is 53.1 Å². The molecule has 2 aliphatic heterocycles. The van der Waals surface area contributed by atoms with E-state index < -0.39 is 0 Å². The largest absolute Gasteiger partial charge is 0.379 e. The monoisotopic (exact) mass is 373 g/mol. The van der Waals surface area contributed by atoms with Gasteiger partial charge >= 0.3 is 0 Å². The fourth-order valence-corrected chi connectivity index (χ4v) is 4.03. The van der Waals surface area contributed by atoms with Gasteiger partial charge in [0.05, 0.1) is 24.6 Å². The fourth-order valence-electron chi connectivity index (χ4n) is 4.03. The Labute approximate surface area is 159 Å². The molecule has 146 valence electrons. The predicted octanol–water partition coefficient (Wildman–Crippen LogP) is 0.832. The zero-order valence-electron chi connectivity index (χ0n) is 16.1. The molecule has 2 fully saturated rings. The molecule has 8 heteroatoms. The molecule has 0 saturated carbocycles. The van der Waals surface area contributed by atoms with Crippen molar-refractivity contribution in [1.82, 2.24) is 24.4 Å². The molecule has 2 aromatic rings. The highest BCUT2D eigenvalue weighted by molar-refractivity contribution is 5.77. The summed E-state index contributed by atoms with van der Waals surface area (Å²) in [7, 11) is 1.56. The Morgan fingerprint density at radius 1 is 1.33 bits per heavy atom. The lowest BCUT2D eigenvalue weighted by molar-refractivity contribution is -0.134. The third-order valence-corrected chi connectivity index (χ3v) is 5.56. The maximum atomic E-state index is 12.1. The van der Waals surface area contributed by atoms with Gasteiger partial charge in [-0.3, -0.25) is 9.69 Å². The number of carbonyl (C=O) groups excluding carboxylic acids is 1. The summed E-state index contributed by atoms with van der Waals surface area (Å²) in [5, 5.41) is 4.80. The molecule has 4 rings (SSSR count). The Kier molecular flexibility index (Phi) is 5.38. The van der Waals surface area contributed by atoms with Crippen LogP contribution < -0.4 is 0 Å². The highest BCUT2D eigenvalue weighted by atomic mass is 16.5. The highest BCUT2D eigenvalue weighted by Gasteiger charge is 2.29. The van der Waals surface area contributed by atoms with Gasteiger partial charge in [0.25, 0.3) is 0 Å². The Morgan fingerprint density at radius 2 is 2.15 bits per heavy atom. The number of methoxy groups -OCH3 is 1. The van der Waals surface area contributed by atoms with Crippen molar-refractivity contribution in [3.8, 4) is 0 Å². The Morgan fingerprint density at radius 3 is 2.93 bits per heavy atom. The van der Waals surface area contributed by atoms with Crippen LogP contribution in [-0.4, -0.2) is 83.4 Å². The summed E-state index contributed by atoms with van der Waals surface area (Å²) in [6.07, 6.45) is 2.81. The van der Waals surface area contributed by atoms with Crippen LogP contribution in [0.15, 0.2) is 12.3 Å². The van der Waals surface area contributed by atoms with E-state index in [2.05, 4.69) is 16.8 Å². The van der Waals surface area contributed by atoms with Crippen LogP contribution in [0.3, 0.4) is 0 Å². The molecule has 8 nitrogen and oxygen atoms in total. The van der Waals surface area contributed by atoms with Gasteiger partial charge in [0.2, 0.25) is 5.91 Å². The third-order valence-electron chi connectivity index (χ3n) is 5.56. The summed E-state index contributed by atoms with van der Waals surface area (Å²) in [4.78, 5) is 21.0. The molecule has 1 atom stereocenters.